The maximum atomic E-state index is 12.6. The Labute approximate surface area is 114 Å². The van der Waals surface area contributed by atoms with E-state index in [1.807, 2.05) is 13.8 Å². The molecule has 2 rings (SSSR count). The van der Waals surface area contributed by atoms with E-state index in [-0.39, 0.29) is 11.3 Å². The SMILES string of the molecule is CCC1(C(=O)O)CCN(C(=O)C2(C)CCCNC2)C1. The summed E-state index contributed by atoms with van der Waals surface area (Å²) in [5.74, 6) is -0.645. The summed E-state index contributed by atoms with van der Waals surface area (Å²) in [5.41, 5.74) is -1.09. The lowest BCUT2D eigenvalue weighted by atomic mass is 9.81. The van der Waals surface area contributed by atoms with E-state index >= 15 is 0 Å². The number of hydrogen-bond acceptors (Lipinski definition) is 3. The molecule has 5 heteroatoms. The van der Waals surface area contributed by atoms with Gasteiger partial charge in [-0.2, -0.15) is 0 Å². The molecule has 0 spiro atoms. The van der Waals surface area contributed by atoms with Crippen LogP contribution in [0, 0.1) is 10.8 Å². The molecule has 2 aliphatic heterocycles. The van der Waals surface area contributed by atoms with Gasteiger partial charge in [0.2, 0.25) is 5.91 Å². The summed E-state index contributed by atoms with van der Waals surface area (Å²) < 4.78 is 0. The fourth-order valence-corrected chi connectivity index (χ4v) is 3.28. The van der Waals surface area contributed by atoms with Crippen LogP contribution in [0.15, 0.2) is 0 Å². The highest BCUT2D eigenvalue weighted by atomic mass is 16.4. The minimum absolute atomic E-state index is 0.122. The third-order valence-corrected chi connectivity index (χ3v) is 4.89. The zero-order chi connectivity index (χ0) is 14.1. The topological polar surface area (TPSA) is 69.6 Å². The van der Waals surface area contributed by atoms with Crippen LogP contribution in [0.25, 0.3) is 0 Å². The summed E-state index contributed by atoms with van der Waals surface area (Å²) in [6, 6.07) is 0. The lowest BCUT2D eigenvalue weighted by Crippen LogP contribution is -2.50. The molecular formula is C14H24N2O3. The Hall–Kier alpha value is -1.10. The predicted molar refractivity (Wildman–Crippen MR) is 71.8 cm³/mol. The smallest absolute Gasteiger partial charge is 0.311 e. The van der Waals surface area contributed by atoms with Crippen molar-refractivity contribution in [3.8, 4) is 0 Å². The van der Waals surface area contributed by atoms with E-state index in [2.05, 4.69) is 5.32 Å². The molecule has 2 aliphatic rings. The highest BCUT2D eigenvalue weighted by Gasteiger charge is 2.48. The van der Waals surface area contributed by atoms with Crippen molar-refractivity contribution in [3.05, 3.63) is 0 Å². The van der Waals surface area contributed by atoms with Crippen LogP contribution in [-0.2, 0) is 9.59 Å². The largest absolute Gasteiger partial charge is 0.481 e. The Kier molecular flexibility index (Phi) is 3.85. The molecule has 0 aromatic rings. The number of rotatable bonds is 3. The summed E-state index contributed by atoms with van der Waals surface area (Å²) in [4.78, 5) is 25.8. The number of nitrogens with zero attached hydrogens (tertiary/aromatic N) is 1. The Morgan fingerprint density at radius 3 is 2.58 bits per heavy atom. The first-order chi connectivity index (χ1) is 8.93. The maximum Gasteiger partial charge on any atom is 0.311 e. The number of amides is 1. The number of carboxylic acid groups (broad SMARTS) is 1. The van der Waals surface area contributed by atoms with Gasteiger partial charge in [0.05, 0.1) is 10.8 Å². The first-order valence-electron chi connectivity index (χ1n) is 7.17. The third-order valence-electron chi connectivity index (χ3n) is 4.89. The molecular weight excluding hydrogens is 244 g/mol. The molecule has 19 heavy (non-hydrogen) atoms. The zero-order valence-electron chi connectivity index (χ0n) is 11.9. The summed E-state index contributed by atoms with van der Waals surface area (Å²) in [6.45, 7) is 6.51. The molecule has 1 amide bonds. The predicted octanol–water partition coefficient (Wildman–Crippen LogP) is 1.09. The monoisotopic (exact) mass is 268 g/mol. The van der Waals surface area contributed by atoms with Crippen LogP contribution in [0.3, 0.4) is 0 Å². The molecule has 0 aromatic heterocycles. The highest BCUT2D eigenvalue weighted by Crippen LogP contribution is 2.37. The van der Waals surface area contributed by atoms with Crippen LogP contribution >= 0.6 is 0 Å². The normalized spacial score (nSPS) is 35.4. The van der Waals surface area contributed by atoms with Gasteiger partial charge in [-0.1, -0.05) is 6.92 Å². The van der Waals surface area contributed by atoms with Crippen molar-refractivity contribution in [2.24, 2.45) is 10.8 Å². The van der Waals surface area contributed by atoms with Crippen molar-refractivity contribution >= 4 is 11.9 Å². The van der Waals surface area contributed by atoms with E-state index in [1.165, 1.54) is 0 Å². The molecule has 2 N–H and O–H groups in total. The fraction of sp³-hybridized carbons (Fsp3) is 0.857. The third kappa shape index (κ3) is 2.48. The Morgan fingerprint density at radius 1 is 1.37 bits per heavy atom. The molecule has 2 heterocycles. The first-order valence-corrected chi connectivity index (χ1v) is 7.17. The number of piperidine rings is 1. The van der Waals surface area contributed by atoms with Gasteiger partial charge < -0.3 is 15.3 Å². The van der Waals surface area contributed by atoms with E-state index in [0.29, 0.717) is 32.5 Å². The van der Waals surface area contributed by atoms with E-state index in [1.54, 1.807) is 4.90 Å². The second-order valence-corrected chi connectivity index (χ2v) is 6.26. The maximum absolute atomic E-state index is 12.6. The van der Waals surface area contributed by atoms with Gasteiger partial charge in [0.25, 0.3) is 0 Å². The fourth-order valence-electron chi connectivity index (χ4n) is 3.28. The molecule has 108 valence electrons. The average Bonchev–Trinajstić information content (AvgIpc) is 2.84. The molecule has 0 saturated carbocycles. The molecule has 2 saturated heterocycles. The molecule has 2 atom stereocenters. The van der Waals surface area contributed by atoms with Crippen LogP contribution in [-0.4, -0.2) is 48.1 Å². The zero-order valence-corrected chi connectivity index (χ0v) is 11.9. The lowest BCUT2D eigenvalue weighted by Gasteiger charge is -2.36. The minimum Gasteiger partial charge on any atom is -0.481 e. The van der Waals surface area contributed by atoms with Gasteiger partial charge in [-0.05, 0) is 39.2 Å². The molecule has 5 nitrogen and oxygen atoms in total. The van der Waals surface area contributed by atoms with E-state index in [4.69, 9.17) is 0 Å². The van der Waals surface area contributed by atoms with Gasteiger partial charge in [0.15, 0.2) is 0 Å². The van der Waals surface area contributed by atoms with Crippen LogP contribution in [0.1, 0.15) is 39.5 Å². The van der Waals surface area contributed by atoms with Gasteiger partial charge >= 0.3 is 5.97 Å². The van der Waals surface area contributed by atoms with E-state index in [0.717, 1.165) is 19.4 Å². The van der Waals surface area contributed by atoms with Crippen LogP contribution in [0.5, 0.6) is 0 Å². The molecule has 0 bridgehead atoms. The number of carboxylic acids is 1. The summed E-state index contributed by atoms with van der Waals surface area (Å²) >= 11 is 0. The summed E-state index contributed by atoms with van der Waals surface area (Å²) in [6.07, 6.45) is 3.06. The minimum atomic E-state index is -0.766. The second-order valence-electron chi connectivity index (χ2n) is 6.26. The van der Waals surface area contributed by atoms with Crippen LogP contribution < -0.4 is 5.32 Å². The molecule has 2 unspecified atom stereocenters. The Morgan fingerprint density at radius 2 is 2.11 bits per heavy atom. The van der Waals surface area contributed by atoms with Crippen LogP contribution in [0.2, 0.25) is 0 Å². The molecule has 0 aliphatic carbocycles. The van der Waals surface area contributed by atoms with Crippen molar-refractivity contribution in [2.45, 2.75) is 39.5 Å². The first kappa shape index (κ1) is 14.3. The number of carbonyl (C=O) groups excluding carboxylic acids is 1. The van der Waals surface area contributed by atoms with Gasteiger partial charge in [-0.25, -0.2) is 0 Å². The average molecular weight is 268 g/mol. The van der Waals surface area contributed by atoms with Crippen molar-refractivity contribution < 1.29 is 14.7 Å². The number of likely N-dealkylation sites (tertiary alicyclic amines) is 1. The molecule has 0 aromatic carbocycles. The van der Waals surface area contributed by atoms with Crippen LogP contribution in [0.4, 0.5) is 0 Å². The van der Waals surface area contributed by atoms with Crippen molar-refractivity contribution in [2.75, 3.05) is 26.2 Å². The molecule has 0 radical (unpaired) electrons. The summed E-state index contributed by atoms with van der Waals surface area (Å²) in [7, 11) is 0. The van der Waals surface area contributed by atoms with E-state index in [9.17, 15) is 14.7 Å². The van der Waals surface area contributed by atoms with E-state index < -0.39 is 11.4 Å². The summed E-state index contributed by atoms with van der Waals surface area (Å²) in [5, 5.41) is 12.7. The van der Waals surface area contributed by atoms with Gasteiger partial charge in [-0.15, -0.1) is 0 Å². The van der Waals surface area contributed by atoms with Crippen molar-refractivity contribution in [3.63, 3.8) is 0 Å². The number of nitrogens with one attached hydrogen (secondary N) is 1. The van der Waals surface area contributed by atoms with Gasteiger partial charge in [-0.3, -0.25) is 9.59 Å². The quantitative estimate of drug-likeness (QED) is 0.804. The number of carbonyl (C=O) groups is 2. The van der Waals surface area contributed by atoms with Crippen molar-refractivity contribution in [1.29, 1.82) is 0 Å². The lowest BCUT2D eigenvalue weighted by molar-refractivity contribution is -0.149. The molecule has 2 fully saturated rings. The Bertz CT molecular complexity index is 377. The number of hydrogen-bond donors (Lipinski definition) is 2. The van der Waals surface area contributed by atoms with Crippen molar-refractivity contribution in [1.82, 2.24) is 10.2 Å². The Balaban J connectivity index is 2.08. The highest BCUT2D eigenvalue weighted by molar-refractivity contribution is 5.85. The second kappa shape index (κ2) is 5.12. The van der Waals surface area contributed by atoms with Gasteiger partial charge in [0, 0.05) is 19.6 Å². The van der Waals surface area contributed by atoms with Gasteiger partial charge in [0.1, 0.15) is 0 Å². The number of aliphatic carboxylic acids is 1. The standard InChI is InChI=1S/C14H24N2O3/c1-3-14(12(18)19)6-8-16(10-14)11(17)13(2)5-4-7-15-9-13/h15H,3-10H2,1-2H3,(H,18,19).